The van der Waals surface area contributed by atoms with Crippen LogP contribution in [0.25, 0.3) is 11.3 Å². The minimum Gasteiger partial charge on any atom is -0.302 e. The number of nitrogens with zero attached hydrogens (tertiary/aromatic N) is 1. The molecule has 1 aliphatic carbocycles. The van der Waals surface area contributed by atoms with E-state index in [4.69, 9.17) is 0 Å². The number of nitrogens with one attached hydrogen (secondary N) is 1. The monoisotopic (exact) mass is 318 g/mol. The summed E-state index contributed by atoms with van der Waals surface area (Å²) in [6, 6.07) is 2.16. The quantitative estimate of drug-likeness (QED) is 0.827. The summed E-state index contributed by atoms with van der Waals surface area (Å²) in [5.74, 6) is 0.186. The normalized spacial score (nSPS) is 17.9. The summed E-state index contributed by atoms with van der Waals surface area (Å²) >= 11 is 3.28. The van der Waals surface area contributed by atoms with Gasteiger partial charge in [0, 0.05) is 26.6 Å². The zero-order valence-electron chi connectivity index (χ0n) is 12.2. The number of allylic oxidation sites excluding steroid dienone is 2. The van der Waals surface area contributed by atoms with Crippen molar-refractivity contribution in [3.05, 3.63) is 33.4 Å². The molecule has 3 nitrogen and oxygen atoms in total. The highest BCUT2D eigenvalue weighted by atomic mass is 32.1. The largest absolute Gasteiger partial charge is 0.302 e. The molecule has 0 saturated carbocycles. The highest BCUT2D eigenvalue weighted by molar-refractivity contribution is 7.14. The summed E-state index contributed by atoms with van der Waals surface area (Å²) in [6.45, 7) is 4.21. The number of thiazole rings is 1. The maximum Gasteiger partial charge on any atom is 0.229 e. The molecule has 1 amide bonds. The molecule has 110 valence electrons. The lowest BCUT2D eigenvalue weighted by Gasteiger charge is -2.15. The van der Waals surface area contributed by atoms with E-state index in [1.54, 1.807) is 11.3 Å². The van der Waals surface area contributed by atoms with Crippen LogP contribution in [0, 0.1) is 19.8 Å². The molecule has 2 heterocycles. The Morgan fingerprint density at radius 2 is 2.24 bits per heavy atom. The van der Waals surface area contributed by atoms with Gasteiger partial charge in [-0.1, -0.05) is 12.2 Å². The molecule has 0 aliphatic heterocycles. The van der Waals surface area contributed by atoms with E-state index in [1.165, 1.54) is 26.7 Å². The number of anilines is 1. The van der Waals surface area contributed by atoms with Crippen molar-refractivity contribution in [2.24, 2.45) is 5.92 Å². The number of aryl methyl sites for hydroxylation is 2. The van der Waals surface area contributed by atoms with Crippen LogP contribution in [0.5, 0.6) is 0 Å². The second-order valence-corrected chi connectivity index (χ2v) is 7.65. The number of thiophene rings is 1. The minimum absolute atomic E-state index is 0.0903. The van der Waals surface area contributed by atoms with Gasteiger partial charge in [0.1, 0.15) is 0 Å². The average Bonchev–Trinajstić information content (AvgIpc) is 3.06. The standard InChI is InChI=1S/C16H18N2OS2/c1-10-8-13(11(2)21-10)14-9-20-16(17-14)18-15(19)12-6-4-3-5-7-12/h3-4,8-9,12H,5-7H2,1-2H3,(H,17,18,19)/t12-/m0/s1. The predicted octanol–water partition coefficient (Wildman–Crippen LogP) is 4.78. The van der Waals surface area contributed by atoms with E-state index >= 15 is 0 Å². The molecule has 5 heteroatoms. The molecule has 0 bridgehead atoms. The van der Waals surface area contributed by atoms with Crippen LogP contribution in [0.4, 0.5) is 5.13 Å². The Kier molecular flexibility index (Phi) is 4.22. The SMILES string of the molecule is Cc1cc(-c2csc(NC(=O)[C@H]3CC=CCC3)n2)c(C)s1. The van der Waals surface area contributed by atoms with Crippen molar-refractivity contribution < 1.29 is 4.79 Å². The van der Waals surface area contributed by atoms with Gasteiger partial charge in [0.05, 0.1) is 5.69 Å². The Bertz CT molecular complexity index is 684. The van der Waals surface area contributed by atoms with E-state index < -0.39 is 0 Å². The maximum absolute atomic E-state index is 12.2. The number of carbonyl (C=O) groups excluding carboxylic acids is 1. The van der Waals surface area contributed by atoms with Crippen molar-refractivity contribution in [3.63, 3.8) is 0 Å². The molecular formula is C16H18N2OS2. The lowest BCUT2D eigenvalue weighted by Crippen LogP contribution is -2.23. The molecule has 2 aromatic rings. The van der Waals surface area contributed by atoms with Gasteiger partial charge >= 0.3 is 0 Å². The van der Waals surface area contributed by atoms with Gasteiger partial charge in [-0.25, -0.2) is 4.98 Å². The zero-order chi connectivity index (χ0) is 14.8. The van der Waals surface area contributed by atoms with Gasteiger partial charge in [-0.2, -0.15) is 0 Å². The second kappa shape index (κ2) is 6.12. The molecule has 0 spiro atoms. The minimum atomic E-state index is 0.0903. The fourth-order valence-corrected chi connectivity index (χ4v) is 4.23. The molecule has 0 saturated heterocycles. The third kappa shape index (κ3) is 3.24. The van der Waals surface area contributed by atoms with Crippen molar-refractivity contribution in [1.82, 2.24) is 4.98 Å². The molecule has 1 aliphatic rings. The predicted molar refractivity (Wildman–Crippen MR) is 90.0 cm³/mol. The first-order chi connectivity index (χ1) is 10.1. The van der Waals surface area contributed by atoms with Crippen LogP contribution >= 0.6 is 22.7 Å². The lowest BCUT2D eigenvalue weighted by atomic mass is 9.94. The van der Waals surface area contributed by atoms with E-state index in [0.717, 1.165) is 25.0 Å². The van der Waals surface area contributed by atoms with Crippen molar-refractivity contribution in [2.75, 3.05) is 5.32 Å². The highest BCUT2D eigenvalue weighted by Gasteiger charge is 2.20. The van der Waals surface area contributed by atoms with Crippen LogP contribution in [0.2, 0.25) is 0 Å². The van der Waals surface area contributed by atoms with Gasteiger partial charge in [0.15, 0.2) is 5.13 Å². The zero-order valence-corrected chi connectivity index (χ0v) is 13.8. The molecule has 0 radical (unpaired) electrons. The summed E-state index contributed by atoms with van der Waals surface area (Å²) < 4.78 is 0. The lowest BCUT2D eigenvalue weighted by molar-refractivity contribution is -0.120. The number of hydrogen-bond donors (Lipinski definition) is 1. The number of amides is 1. The molecule has 2 aromatic heterocycles. The molecule has 1 atom stereocenters. The van der Waals surface area contributed by atoms with Gasteiger partial charge in [-0.15, -0.1) is 22.7 Å². The number of hydrogen-bond acceptors (Lipinski definition) is 4. The molecular weight excluding hydrogens is 300 g/mol. The average molecular weight is 318 g/mol. The van der Waals surface area contributed by atoms with Crippen LogP contribution < -0.4 is 5.32 Å². The number of rotatable bonds is 3. The first kappa shape index (κ1) is 14.5. The number of aromatic nitrogens is 1. The van der Waals surface area contributed by atoms with Crippen molar-refractivity contribution >= 4 is 33.7 Å². The Hall–Kier alpha value is -1.46. The topological polar surface area (TPSA) is 42.0 Å². The third-order valence-electron chi connectivity index (χ3n) is 3.69. The Morgan fingerprint density at radius 3 is 2.90 bits per heavy atom. The van der Waals surface area contributed by atoms with Crippen LogP contribution in [0.3, 0.4) is 0 Å². The highest BCUT2D eigenvalue weighted by Crippen LogP contribution is 2.32. The van der Waals surface area contributed by atoms with Crippen LogP contribution in [-0.4, -0.2) is 10.9 Å². The summed E-state index contributed by atoms with van der Waals surface area (Å²) in [6.07, 6.45) is 7.01. The van der Waals surface area contributed by atoms with Crippen LogP contribution in [0.1, 0.15) is 29.0 Å². The summed E-state index contributed by atoms with van der Waals surface area (Å²) in [5.41, 5.74) is 2.13. The third-order valence-corrected chi connectivity index (χ3v) is 5.41. The molecule has 1 N–H and O–H groups in total. The molecule has 21 heavy (non-hydrogen) atoms. The fourth-order valence-electron chi connectivity index (χ4n) is 2.58. The Labute approximate surface area is 132 Å². The van der Waals surface area contributed by atoms with E-state index in [-0.39, 0.29) is 11.8 Å². The molecule has 0 fully saturated rings. The van der Waals surface area contributed by atoms with E-state index in [2.05, 4.69) is 42.4 Å². The van der Waals surface area contributed by atoms with Crippen molar-refractivity contribution in [3.8, 4) is 11.3 Å². The van der Waals surface area contributed by atoms with Gasteiger partial charge in [-0.3, -0.25) is 4.79 Å². The smallest absolute Gasteiger partial charge is 0.229 e. The van der Waals surface area contributed by atoms with E-state index in [9.17, 15) is 4.79 Å². The summed E-state index contributed by atoms with van der Waals surface area (Å²) in [4.78, 5) is 19.3. The van der Waals surface area contributed by atoms with Gasteiger partial charge in [0.25, 0.3) is 0 Å². The van der Waals surface area contributed by atoms with E-state index in [1.807, 2.05) is 5.38 Å². The van der Waals surface area contributed by atoms with Crippen LogP contribution in [-0.2, 0) is 4.79 Å². The Balaban J connectivity index is 1.72. The Morgan fingerprint density at radius 1 is 1.38 bits per heavy atom. The van der Waals surface area contributed by atoms with Crippen molar-refractivity contribution in [1.29, 1.82) is 0 Å². The summed E-state index contributed by atoms with van der Waals surface area (Å²) in [5, 5.41) is 5.69. The molecule has 0 unspecified atom stereocenters. The van der Waals surface area contributed by atoms with Gasteiger partial charge in [0.2, 0.25) is 5.91 Å². The number of carbonyl (C=O) groups is 1. The fraction of sp³-hybridized carbons (Fsp3) is 0.375. The molecule has 3 rings (SSSR count). The van der Waals surface area contributed by atoms with Gasteiger partial charge < -0.3 is 5.32 Å². The first-order valence-electron chi connectivity index (χ1n) is 7.12. The summed E-state index contributed by atoms with van der Waals surface area (Å²) in [7, 11) is 0. The molecule has 0 aromatic carbocycles. The second-order valence-electron chi connectivity index (χ2n) is 5.34. The van der Waals surface area contributed by atoms with Crippen molar-refractivity contribution in [2.45, 2.75) is 33.1 Å². The first-order valence-corrected chi connectivity index (χ1v) is 8.82. The van der Waals surface area contributed by atoms with Crippen LogP contribution in [0.15, 0.2) is 23.6 Å². The van der Waals surface area contributed by atoms with Gasteiger partial charge in [-0.05, 0) is 39.2 Å². The maximum atomic E-state index is 12.2. The van der Waals surface area contributed by atoms with E-state index in [0.29, 0.717) is 5.13 Å².